The van der Waals surface area contributed by atoms with Crippen molar-refractivity contribution in [2.45, 2.75) is 25.4 Å². The van der Waals surface area contributed by atoms with E-state index >= 15 is 0 Å². The molecule has 1 heterocycles. The Morgan fingerprint density at radius 3 is 2.23 bits per heavy atom. The first-order valence-corrected chi connectivity index (χ1v) is 12.9. The third-order valence-corrected chi connectivity index (χ3v) is 6.83. The molecule has 0 fully saturated rings. The highest BCUT2D eigenvalue weighted by Crippen LogP contribution is 2.36. The van der Waals surface area contributed by atoms with Crippen molar-refractivity contribution in [3.05, 3.63) is 99.5 Å². The van der Waals surface area contributed by atoms with Crippen LogP contribution in [0.4, 0.5) is 0 Å². The summed E-state index contributed by atoms with van der Waals surface area (Å²) in [5.41, 5.74) is 3.10. The molecular formula is C30H35N3O7. The molecule has 0 aliphatic carbocycles. The van der Waals surface area contributed by atoms with E-state index in [2.05, 4.69) is 5.32 Å². The lowest BCUT2D eigenvalue weighted by Crippen LogP contribution is -2.47. The molecule has 40 heavy (non-hydrogen) atoms. The van der Waals surface area contributed by atoms with Gasteiger partial charge in [0.1, 0.15) is 12.4 Å². The number of rotatable bonds is 13. The lowest BCUT2D eigenvalue weighted by Gasteiger charge is -2.39. The Labute approximate surface area is 234 Å². The minimum absolute atomic E-state index is 0.175. The summed E-state index contributed by atoms with van der Waals surface area (Å²) in [4.78, 5) is 13.3. The number of benzene rings is 3. The molecule has 1 aliphatic heterocycles. The number of nitrogens with zero attached hydrogens (tertiary/aromatic N) is 2. The highest BCUT2D eigenvalue weighted by molar-refractivity contribution is 5.49. The molecule has 0 spiro atoms. The van der Waals surface area contributed by atoms with Crippen molar-refractivity contribution in [2.75, 3.05) is 41.6 Å². The zero-order valence-corrected chi connectivity index (χ0v) is 23.2. The summed E-state index contributed by atoms with van der Waals surface area (Å²) < 4.78 is 27.9. The number of methoxy groups -OCH3 is 4. The van der Waals surface area contributed by atoms with Crippen molar-refractivity contribution in [2.24, 2.45) is 0 Å². The van der Waals surface area contributed by atoms with E-state index in [0.29, 0.717) is 61.4 Å². The topological polar surface area (TPSA) is 105 Å². The van der Waals surface area contributed by atoms with Crippen LogP contribution in [0, 0.1) is 10.1 Å². The number of fused-ring (bicyclic) bond motifs is 1. The fourth-order valence-corrected chi connectivity index (χ4v) is 4.81. The summed E-state index contributed by atoms with van der Waals surface area (Å²) in [6.07, 6.45) is 2.25. The second-order valence-electron chi connectivity index (χ2n) is 9.25. The van der Waals surface area contributed by atoms with Crippen molar-refractivity contribution in [3.8, 4) is 28.7 Å². The van der Waals surface area contributed by atoms with Crippen molar-refractivity contribution >= 4 is 0 Å². The first-order chi connectivity index (χ1) is 19.4. The zero-order chi connectivity index (χ0) is 28.5. The lowest BCUT2D eigenvalue weighted by molar-refractivity contribution is -0.405. The van der Waals surface area contributed by atoms with Crippen LogP contribution in [0.25, 0.3) is 0 Å². The molecule has 0 radical (unpaired) electrons. The summed E-state index contributed by atoms with van der Waals surface area (Å²) in [5, 5.41) is 15.0. The molecule has 10 heteroatoms. The van der Waals surface area contributed by atoms with Crippen molar-refractivity contribution < 1.29 is 28.6 Å². The van der Waals surface area contributed by atoms with Crippen LogP contribution in [-0.2, 0) is 19.4 Å². The summed E-state index contributed by atoms with van der Waals surface area (Å²) in [6.45, 7) is 1.24. The van der Waals surface area contributed by atoms with Gasteiger partial charge in [0.05, 0.1) is 39.4 Å². The Kier molecular flexibility index (Phi) is 9.56. The molecule has 0 saturated heterocycles. The summed E-state index contributed by atoms with van der Waals surface area (Å²) in [6, 6.07) is 19.0. The molecule has 0 saturated carbocycles. The molecule has 0 amide bonds. The number of ether oxygens (including phenoxy) is 5. The summed E-state index contributed by atoms with van der Waals surface area (Å²) in [5.74, 6) is 3.69. The molecular weight excluding hydrogens is 514 g/mol. The van der Waals surface area contributed by atoms with Crippen LogP contribution < -0.4 is 29.0 Å². The minimum Gasteiger partial charge on any atom is -0.493 e. The van der Waals surface area contributed by atoms with Gasteiger partial charge < -0.3 is 33.9 Å². The van der Waals surface area contributed by atoms with Crippen LogP contribution in [0.2, 0.25) is 0 Å². The first-order valence-electron chi connectivity index (χ1n) is 12.9. The number of hydrogen-bond donors (Lipinski definition) is 1. The van der Waals surface area contributed by atoms with Gasteiger partial charge in [-0.3, -0.25) is 10.1 Å². The second kappa shape index (κ2) is 13.5. The van der Waals surface area contributed by atoms with E-state index in [1.165, 1.54) is 0 Å². The predicted octanol–water partition coefficient (Wildman–Crippen LogP) is 4.43. The van der Waals surface area contributed by atoms with E-state index in [-0.39, 0.29) is 6.04 Å². The molecule has 3 aromatic rings. The van der Waals surface area contributed by atoms with Crippen LogP contribution in [0.5, 0.6) is 28.7 Å². The maximum absolute atomic E-state index is 11.7. The average molecular weight is 550 g/mol. The standard InChI is InChI=1S/C30H35N3O7/c1-36-26-11-10-21(14-27(26)37-2)12-13-31-30(19-33(34)35)32-18-23-17-29(39-4)28(38-3)16-22(23)15-24(32)20-40-25-8-6-5-7-9-25/h5-11,14,16-17,19,24,31H,12-13,15,18,20H2,1-4H3/b30-19-. The Hall–Kier alpha value is -4.60. The lowest BCUT2D eigenvalue weighted by atomic mass is 9.93. The molecule has 1 N–H and O–H groups in total. The van der Waals surface area contributed by atoms with Crippen LogP contribution in [0.15, 0.2) is 72.7 Å². The molecule has 0 bridgehead atoms. The number of nitro groups is 1. The summed E-state index contributed by atoms with van der Waals surface area (Å²) >= 11 is 0. The fourth-order valence-electron chi connectivity index (χ4n) is 4.81. The van der Waals surface area contributed by atoms with Gasteiger partial charge in [-0.2, -0.15) is 0 Å². The van der Waals surface area contributed by atoms with Gasteiger partial charge in [0.15, 0.2) is 28.8 Å². The summed E-state index contributed by atoms with van der Waals surface area (Å²) in [7, 11) is 6.38. The van der Waals surface area contributed by atoms with Crippen LogP contribution in [0.1, 0.15) is 16.7 Å². The minimum atomic E-state index is -0.433. The number of hydrogen-bond acceptors (Lipinski definition) is 9. The molecule has 0 aromatic heterocycles. The smallest absolute Gasteiger partial charge is 0.274 e. The molecule has 10 nitrogen and oxygen atoms in total. The second-order valence-corrected chi connectivity index (χ2v) is 9.25. The van der Waals surface area contributed by atoms with Crippen LogP contribution >= 0.6 is 0 Å². The largest absolute Gasteiger partial charge is 0.493 e. The van der Waals surface area contributed by atoms with Gasteiger partial charge in [-0.05, 0) is 65.9 Å². The van der Waals surface area contributed by atoms with E-state index in [0.717, 1.165) is 28.6 Å². The maximum atomic E-state index is 11.7. The Morgan fingerprint density at radius 1 is 0.925 bits per heavy atom. The van der Waals surface area contributed by atoms with Gasteiger partial charge in [0.2, 0.25) is 0 Å². The monoisotopic (exact) mass is 549 g/mol. The molecule has 3 aromatic carbocycles. The van der Waals surface area contributed by atoms with Crippen molar-refractivity contribution in [3.63, 3.8) is 0 Å². The highest BCUT2D eigenvalue weighted by atomic mass is 16.6. The Balaban J connectivity index is 1.59. The third-order valence-electron chi connectivity index (χ3n) is 6.83. The van der Waals surface area contributed by atoms with E-state index in [1.807, 2.05) is 65.6 Å². The van der Waals surface area contributed by atoms with Gasteiger partial charge >= 0.3 is 0 Å². The van der Waals surface area contributed by atoms with E-state index in [1.54, 1.807) is 28.4 Å². The number of para-hydroxylation sites is 1. The normalized spacial score (nSPS) is 14.7. The van der Waals surface area contributed by atoms with E-state index < -0.39 is 4.92 Å². The molecule has 212 valence electrons. The third kappa shape index (κ3) is 6.88. The highest BCUT2D eigenvalue weighted by Gasteiger charge is 2.31. The molecule has 4 rings (SSSR count). The van der Waals surface area contributed by atoms with Gasteiger partial charge in [0, 0.05) is 13.1 Å². The average Bonchev–Trinajstić information content (AvgIpc) is 2.98. The van der Waals surface area contributed by atoms with Crippen LogP contribution in [0.3, 0.4) is 0 Å². The van der Waals surface area contributed by atoms with E-state index in [4.69, 9.17) is 23.7 Å². The van der Waals surface area contributed by atoms with Crippen LogP contribution in [-0.4, -0.2) is 57.5 Å². The van der Waals surface area contributed by atoms with E-state index in [9.17, 15) is 10.1 Å². The quantitative estimate of drug-likeness (QED) is 0.245. The fraction of sp³-hybridized carbons (Fsp3) is 0.333. The molecule has 1 atom stereocenters. The van der Waals surface area contributed by atoms with Gasteiger partial charge in [-0.1, -0.05) is 24.3 Å². The van der Waals surface area contributed by atoms with Gasteiger partial charge in [-0.25, -0.2) is 0 Å². The maximum Gasteiger partial charge on any atom is 0.274 e. The van der Waals surface area contributed by atoms with Crippen molar-refractivity contribution in [1.29, 1.82) is 0 Å². The predicted molar refractivity (Wildman–Crippen MR) is 151 cm³/mol. The number of nitrogens with one attached hydrogen (secondary N) is 1. The van der Waals surface area contributed by atoms with Gasteiger partial charge in [-0.15, -0.1) is 0 Å². The Morgan fingerprint density at radius 2 is 1.57 bits per heavy atom. The zero-order valence-electron chi connectivity index (χ0n) is 23.2. The first kappa shape index (κ1) is 28.4. The SMILES string of the molecule is COc1ccc(CCN/C(=C/[N+](=O)[O-])N2Cc3cc(OC)c(OC)cc3CC2COc2ccccc2)cc1OC. The van der Waals surface area contributed by atoms with Gasteiger partial charge in [0.25, 0.3) is 6.20 Å². The Bertz CT molecular complexity index is 1330. The molecule has 1 aliphatic rings. The molecule has 1 unspecified atom stereocenters. The van der Waals surface area contributed by atoms with Crippen molar-refractivity contribution in [1.82, 2.24) is 10.2 Å².